The van der Waals surface area contributed by atoms with Gasteiger partial charge >= 0.3 is 30.0 Å². The van der Waals surface area contributed by atoms with Crippen molar-refractivity contribution >= 4 is 53.6 Å². The van der Waals surface area contributed by atoms with E-state index >= 15 is 0 Å². The Balaban J connectivity index is 2.18. The maximum Gasteiger partial charge on any atom is 0.408 e. The van der Waals surface area contributed by atoms with Crippen LogP contribution in [0.25, 0.3) is 0 Å². The first-order chi connectivity index (χ1) is 23.5. The van der Waals surface area contributed by atoms with E-state index < -0.39 is 116 Å². The van der Waals surface area contributed by atoms with Crippen molar-refractivity contribution in [2.75, 3.05) is 13.2 Å². The molecule has 0 spiro atoms. The molecule has 0 radical (unpaired) electrons. The summed E-state index contributed by atoms with van der Waals surface area (Å²) in [5, 5.41) is 34.8. The van der Waals surface area contributed by atoms with E-state index in [2.05, 4.69) is 21.4 Å². The highest BCUT2D eigenvalue weighted by atomic mass is 16.6. The van der Waals surface area contributed by atoms with Crippen LogP contribution in [-0.2, 0) is 59.2 Å². The minimum atomic E-state index is -1.78. The second-order valence-electron chi connectivity index (χ2n) is 11.1. The standard InChI is InChI=1S/C30H39N5O15/c1-4-48-29(46)24-23(50-24)28(45)35(13-21(40)41)34-27(44)22(15(2)3)33-25(42)17(10-11-19(36)37)31-26(43)18(12-20(38)39)32-30(47)49-14-16-8-6-5-7-9-16/h5-9,15,17-18,22-24H,4,10-14H2,1-3H3,(H,31,43)(H,32,47)(H,33,42)(H,34,44)(H,36,37)(H,38,39)(H,40,41)/t17?,18?,22?,23-,24-/m0/s1. The number of carbonyl (C=O) groups excluding carboxylic acids is 6. The molecular weight excluding hydrogens is 670 g/mol. The highest BCUT2D eigenvalue weighted by molar-refractivity contribution is 5.97. The molecule has 20 heteroatoms. The van der Waals surface area contributed by atoms with Gasteiger partial charge in [0.05, 0.1) is 13.0 Å². The molecule has 274 valence electrons. The predicted octanol–water partition coefficient (Wildman–Crippen LogP) is -1.48. The molecule has 1 heterocycles. The van der Waals surface area contributed by atoms with Gasteiger partial charge in [0.2, 0.25) is 11.8 Å². The van der Waals surface area contributed by atoms with Gasteiger partial charge in [0.15, 0.2) is 12.2 Å². The number of carboxylic acid groups (broad SMARTS) is 3. The fourth-order valence-corrected chi connectivity index (χ4v) is 4.26. The van der Waals surface area contributed by atoms with Gasteiger partial charge in [-0.25, -0.2) is 14.6 Å². The van der Waals surface area contributed by atoms with Crippen molar-refractivity contribution in [2.24, 2.45) is 5.92 Å². The molecule has 7 N–H and O–H groups in total. The number of amides is 5. The van der Waals surface area contributed by atoms with Crippen LogP contribution in [-0.4, -0.2) is 117 Å². The summed E-state index contributed by atoms with van der Waals surface area (Å²) in [5.41, 5.74) is 2.66. The van der Waals surface area contributed by atoms with E-state index in [0.717, 1.165) is 0 Å². The Hall–Kier alpha value is -5.79. The average molecular weight is 710 g/mol. The SMILES string of the molecule is CCOC(=O)[C@H]1O[C@@H]1C(=O)N(CC(=O)O)NC(=O)C(NC(=O)C(CCC(=O)O)NC(=O)C(CC(=O)O)NC(=O)OCc1ccccc1)C(C)C. The fraction of sp³-hybridized carbons (Fsp3) is 0.500. The fourth-order valence-electron chi connectivity index (χ4n) is 4.26. The Bertz CT molecular complexity index is 1440. The number of esters is 1. The van der Waals surface area contributed by atoms with Crippen LogP contribution in [0.3, 0.4) is 0 Å². The first kappa shape index (κ1) is 40.4. The van der Waals surface area contributed by atoms with E-state index in [0.29, 0.717) is 10.6 Å². The van der Waals surface area contributed by atoms with Crippen molar-refractivity contribution in [1.82, 2.24) is 26.4 Å². The van der Waals surface area contributed by atoms with Gasteiger partial charge in [-0.05, 0) is 24.8 Å². The van der Waals surface area contributed by atoms with Crippen molar-refractivity contribution < 1.29 is 72.7 Å². The van der Waals surface area contributed by atoms with Crippen LogP contribution in [0, 0.1) is 5.92 Å². The quantitative estimate of drug-likeness (QED) is 0.0490. The summed E-state index contributed by atoms with van der Waals surface area (Å²) in [5.74, 6) is -10.6. The van der Waals surface area contributed by atoms with E-state index in [1.54, 1.807) is 30.3 Å². The summed E-state index contributed by atoms with van der Waals surface area (Å²) < 4.78 is 14.8. The number of alkyl carbamates (subject to hydrolysis) is 1. The van der Waals surface area contributed by atoms with Gasteiger partial charge in [-0.3, -0.25) is 39.0 Å². The number of rotatable bonds is 19. The minimum Gasteiger partial charge on any atom is -0.481 e. The lowest BCUT2D eigenvalue weighted by Crippen LogP contribution is -2.60. The van der Waals surface area contributed by atoms with Gasteiger partial charge in [-0.1, -0.05) is 44.2 Å². The van der Waals surface area contributed by atoms with E-state index in [4.69, 9.17) is 14.2 Å². The number of carboxylic acids is 3. The van der Waals surface area contributed by atoms with Crippen LogP contribution in [0.1, 0.15) is 45.6 Å². The molecule has 50 heavy (non-hydrogen) atoms. The number of hydrazine groups is 1. The monoisotopic (exact) mass is 709 g/mol. The zero-order valence-corrected chi connectivity index (χ0v) is 27.3. The average Bonchev–Trinajstić information content (AvgIpc) is 3.84. The molecule has 1 aliphatic heterocycles. The molecule has 5 atom stereocenters. The predicted molar refractivity (Wildman–Crippen MR) is 164 cm³/mol. The molecule has 1 aliphatic rings. The van der Waals surface area contributed by atoms with Gasteiger partial charge in [-0.2, -0.15) is 0 Å². The van der Waals surface area contributed by atoms with E-state index in [1.165, 1.54) is 20.8 Å². The van der Waals surface area contributed by atoms with Gasteiger partial charge < -0.3 is 45.5 Å². The van der Waals surface area contributed by atoms with Gasteiger partial charge in [0.25, 0.3) is 11.8 Å². The Kier molecular flexibility index (Phi) is 15.6. The number of nitrogens with zero attached hydrogens (tertiary/aromatic N) is 1. The molecule has 0 saturated carbocycles. The Morgan fingerprint density at radius 2 is 1.44 bits per heavy atom. The Morgan fingerprint density at radius 3 is 2.00 bits per heavy atom. The molecule has 2 rings (SSSR count). The van der Waals surface area contributed by atoms with E-state index in [-0.39, 0.29) is 13.2 Å². The molecule has 1 aromatic rings. The first-order valence-corrected chi connectivity index (χ1v) is 15.2. The minimum absolute atomic E-state index is 0.0170. The topological polar surface area (TPSA) is 297 Å². The third-order valence-corrected chi connectivity index (χ3v) is 6.79. The van der Waals surface area contributed by atoms with Crippen LogP contribution < -0.4 is 21.4 Å². The number of benzene rings is 1. The zero-order valence-electron chi connectivity index (χ0n) is 27.3. The summed E-state index contributed by atoms with van der Waals surface area (Å²) in [6, 6.07) is 3.41. The molecule has 0 aliphatic carbocycles. The summed E-state index contributed by atoms with van der Waals surface area (Å²) in [7, 11) is 0. The Labute approximate surface area is 284 Å². The first-order valence-electron chi connectivity index (χ1n) is 15.2. The molecule has 3 unspecified atom stereocenters. The largest absolute Gasteiger partial charge is 0.481 e. The van der Waals surface area contributed by atoms with Gasteiger partial charge in [0, 0.05) is 6.42 Å². The van der Waals surface area contributed by atoms with Crippen LogP contribution in [0.4, 0.5) is 4.79 Å². The zero-order chi connectivity index (χ0) is 37.5. The number of aliphatic carboxylic acids is 3. The number of hydrogen-bond acceptors (Lipinski definition) is 12. The van der Waals surface area contributed by atoms with Crippen LogP contribution in [0.15, 0.2) is 30.3 Å². The molecular formula is C30H39N5O15. The molecule has 1 saturated heterocycles. The number of ether oxygens (including phenoxy) is 3. The van der Waals surface area contributed by atoms with E-state index in [1.807, 2.05) is 0 Å². The van der Waals surface area contributed by atoms with Crippen LogP contribution >= 0.6 is 0 Å². The number of epoxide rings is 1. The molecule has 0 bridgehead atoms. The van der Waals surface area contributed by atoms with Crippen LogP contribution in [0.5, 0.6) is 0 Å². The van der Waals surface area contributed by atoms with Crippen molar-refractivity contribution in [2.45, 2.75) is 77.0 Å². The lowest BCUT2D eigenvalue weighted by Gasteiger charge is -2.28. The smallest absolute Gasteiger partial charge is 0.408 e. The van der Waals surface area contributed by atoms with Crippen molar-refractivity contribution in [3.8, 4) is 0 Å². The lowest BCUT2D eigenvalue weighted by molar-refractivity contribution is -0.151. The summed E-state index contributed by atoms with van der Waals surface area (Å²) in [4.78, 5) is 111. The molecule has 1 fully saturated rings. The number of carbonyl (C=O) groups is 9. The number of nitrogens with one attached hydrogen (secondary N) is 4. The normalized spacial score (nSPS) is 16.4. The molecule has 0 aromatic heterocycles. The maximum atomic E-state index is 13.4. The van der Waals surface area contributed by atoms with E-state index in [9.17, 15) is 58.5 Å². The second kappa shape index (κ2) is 19.3. The van der Waals surface area contributed by atoms with Crippen molar-refractivity contribution in [3.63, 3.8) is 0 Å². The maximum absolute atomic E-state index is 13.4. The summed E-state index contributed by atoms with van der Waals surface area (Å²) >= 11 is 0. The molecule has 1 aromatic carbocycles. The third kappa shape index (κ3) is 13.4. The van der Waals surface area contributed by atoms with Crippen molar-refractivity contribution in [3.05, 3.63) is 35.9 Å². The lowest BCUT2D eigenvalue weighted by atomic mass is 10.0. The third-order valence-electron chi connectivity index (χ3n) is 6.79. The Morgan fingerprint density at radius 1 is 0.800 bits per heavy atom. The second-order valence-corrected chi connectivity index (χ2v) is 11.1. The van der Waals surface area contributed by atoms with Crippen molar-refractivity contribution in [1.29, 1.82) is 0 Å². The molecule has 5 amide bonds. The van der Waals surface area contributed by atoms with Gasteiger partial charge in [0.1, 0.15) is 31.3 Å². The molecule has 20 nitrogen and oxygen atoms in total. The highest BCUT2D eigenvalue weighted by Gasteiger charge is 2.53. The highest BCUT2D eigenvalue weighted by Crippen LogP contribution is 2.25. The number of hydrogen-bond donors (Lipinski definition) is 7. The summed E-state index contributed by atoms with van der Waals surface area (Å²) in [6.45, 7) is 3.15. The van der Waals surface area contributed by atoms with Gasteiger partial charge in [-0.15, -0.1) is 0 Å². The van der Waals surface area contributed by atoms with Crippen LogP contribution in [0.2, 0.25) is 0 Å². The summed E-state index contributed by atoms with van der Waals surface area (Å²) in [6.07, 6.45) is -6.10.